The van der Waals surface area contributed by atoms with Gasteiger partial charge in [0.05, 0.1) is 6.54 Å². The first kappa shape index (κ1) is 22.0. The summed E-state index contributed by atoms with van der Waals surface area (Å²) in [6, 6.07) is 12.6. The zero-order valence-corrected chi connectivity index (χ0v) is 18.2. The molecule has 0 fully saturated rings. The molecule has 0 saturated carbocycles. The van der Waals surface area contributed by atoms with Crippen LogP contribution in [0.1, 0.15) is 36.2 Å². The second-order valence-electron chi connectivity index (χ2n) is 7.13. The van der Waals surface area contributed by atoms with Crippen molar-refractivity contribution in [1.82, 2.24) is 19.8 Å². The Balaban J connectivity index is 1.84. The van der Waals surface area contributed by atoms with Crippen LogP contribution >= 0.6 is 11.6 Å². The van der Waals surface area contributed by atoms with Gasteiger partial charge in [-0.15, -0.1) is 0 Å². The van der Waals surface area contributed by atoms with Crippen LogP contribution in [-0.2, 0) is 6.54 Å². The van der Waals surface area contributed by atoms with Crippen LogP contribution in [0.4, 0.5) is 0 Å². The average Bonchev–Trinajstić information content (AvgIpc) is 2.76. The Morgan fingerprint density at radius 2 is 1.90 bits per heavy atom. The van der Waals surface area contributed by atoms with Crippen molar-refractivity contribution in [2.24, 2.45) is 0 Å². The van der Waals surface area contributed by atoms with Crippen molar-refractivity contribution >= 4 is 28.5 Å². The quantitative estimate of drug-likeness (QED) is 0.531. The molecule has 30 heavy (non-hydrogen) atoms. The summed E-state index contributed by atoms with van der Waals surface area (Å²) in [4.78, 5) is 32.6. The van der Waals surface area contributed by atoms with Gasteiger partial charge in [-0.1, -0.05) is 37.6 Å². The first-order valence-electron chi connectivity index (χ1n) is 10.3. The molecule has 2 aromatic heterocycles. The average molecular weight is 427 g/mol. The lowest BCUT2D eigenvalue weighted by Crippen LogP contribution is -2.35. The topological polar surface area (TPSA) is 67.2 Å². The van der Waals surface area contributed by atoms with Gasteiger partial charge in [-0.05, 0) is 62.0 Å². The number of hydrogen-bond acceptors (Lipinski definition) is 4. The van der Waals surface area contributed by atoms with Gasteiger partial charge in [-0.3, -0.25) is 14.2 Å². The van der Waals surface area contributed by atoms with Gasteiger partial charge in [0.1, 0.15) is 11.2 Å². The molecule has 1 amide bonds. The number of benzene rings is 1. The first-order chi connectivity index (χ1) is 14.5. The van der Waals surface area contributed by atoms with Gasteiger partial charge in [0.25, 0.3) is 11.5 Å². The number of aromatic nitrogens is 2. The molecular formula is C23H27ClN4O2. The molecule has 0 unspecified atom stereocenters. The van der Waals surface area contributed by atoms with E-state index in [0.29, 0.717) is 23.8 Å². The maximum Gasteiger partial charge on any atom is 0.265 e. The summed E-state index contributed by atoms with van der Waals surface area (Å²) < 4.78 is 1.55. The molecular weight excluding hydrogens is 400 g/mol. The number of amides is 1. The molecule has 3 rings (SSSR count). The van der Waals surface area contributed by atoms with E-state index in [0.717, 1.165) is 37.0 Å². The second-order valence-corrected chi connectivity index (χ2v) is 7.56. The zero-order valence-electron chi connectivity index (χ0n) is 17.4. The van der Waals surface area contributed by atoms with Gasteiger partial charge in [-0.25, -0.2) is 4.98 Å². The minimum atomic E-state index is -0.352. The molecule has 0 saturated heterocycles. The number of halogens is 1. The third kappa shape index (κ3) is 5.26. The van der Waals surface area contributed by atoms with Crippen LogP contribution in [0.15, 0.2) is 53.5 Å². The molecule has 0 atom stereocenters. The van der Waals surface area contributed by atoms with Gasteiger partial charge >= 0.3 is 0 Å². The number of nitrogens with zero attached hydrogens (tertiary/aromatic N) is 3. The smallest absolute Gasteiger partial charge is 0.265 e. The Hall–Kier alpha value is -2.70. The Morgan fingerprint density at radius 1 is 1.17 bits per heavy atom. The second kappa shape index (κ2) is 10.4. The van der Waals surface area contributed by atoms with Crippen LogP contribution in [0.2, 0.25) is 5.02 Å². The number of nitrogens with one attached hydrogen (secondary N) is 1. The number of fused-ring (bicyclic) bond motifs is 1. The van der Waals surface area contributed by atoms with Crippen molar-refractivity contribution in [3.05, 3.63) is 75.2 Å². The van der Waals surface area contributed by atoms with Gasteiger partial charge < -0.3 is 10.2 Å². The predicted octanol–water partition coefficient (Wildman–Crippen LogP) is 3.56. The Labute approximate surface area is 181 Å². The van der Waals surface area contributed by atoms with E-state index in [1.54, 1.807) is 35.0 Å². The molecule has 158 valence electrons. The van der Waals surface area contributed by atoms with E-state index in [2.05, 4.69) is 29.0 Å². The molecule has 0 bridgehead atoms. The summed E-state index contributed by atoms with van der Waals surface area (Å²) in [6.07, 6.45) is 2.48. The molecule has 0 aliphatic rings. The highest BCUT2D eigenvalue weighted by Gasteiger charge is 2.16. The zero-order chi connectivity index (χ0) is 21.5. The monoisotopic (exact) mass is 426 g/mol. The number of hydrogen-bond donors (Lipinski definition) is 1. The fourth-order valence-electron chi connectivity index (χ4n) is 3.43. The molecule has 1 aromatic carbocycles. The third-order valence-electron chi connectivity index (χ3n) is 5.18. The fourth-order valence-corrected chi connectivity index (χ4v) is 3.55. The van der Waals surface area contributed by atoms with Gasteiger partial charge in [0.15, 0.2) is 0 Å². The van der Waals surface area contributed by atoms with E-state index >= 15 is 0 Å². The first-order valence-corrected chi connectivity index (χ1v) is 10.6. The van der Waals surface area contributed by atoms with Crippen molar-refractivity contribution in [3.63, 3.8) is 0 Å². The highest BCUT2D eigenvalue weighted by molar-refractivity contribution is 6.30. The Morgan fingerprint density at radius 3 is 2.60 bits per heavy atom. The minimum Gasteiger partial charge on any atom is -0.352 e. The fraction of sp³-hybridized carbons (Fsp3) is 0.348. The number of rotatable bonds is 9. The lowest BCUT2D eigenvalue weighted by atomic mass is 10.1. The molecule has 0 aliphatic heterocycles. The standard InChI is InChI=1S/C23H27ClN4O2/c1-3-27(4-2)14-6-13-26-22(29)20-15-18-7-5-12-25-21(18)28(23(20)30)16-17-8-10-19(24)11-9-17/h5,7-12,15H,3-4,6,13-14,16H2,1-2H3,(H,26,29). The normalized spacial score (nSPS) is 11.2. The van der Waals surface area contributed by atoms with Gasteiger partial charge in [0, 0.05) is 23.2 Å². The SMILES string of the molecule is CCN(CC)CCCNC(=O)c1cc2cccnc2n(Cc2ccc(Cl)cc2)c1=O. The van der Waals surface area contributed by atoms with Crippen LogP contribution < -0.4 is 10.9 Å². The van der Waals surface area contributed by atoms with Gasteiger partial charge in [0.2, 0.25) is 0 Å². The summed E-state index contributed by atoms with van der Waals surface area (Å²) in [5, 5.41) is 4.27. The summed E-state index contributed by atoms with van der Waals surface area (Å²) in [5.74, 6) is -0.352. The van der Waals surface area contributed by atoms with Crippen LogP contribution in [-0.4, -0.2) is 46.5 Å². The van der Waals surface area contributed by atoms with E-state index in [1.165, 1.54) is 0 Å². The van der Waals surface area contributed by atoms with Crippen molar-refractivity contribution in [2.75, 3.05) is 26.2 Å². The molecule has 7 heteroatoms. The minimum absolute atomic E-state index is 0.132. The lowest BCUT2D eigenvalue weighted by molar-refractivity contribution is 0.0950. The summed E-state index contributed by atoms with van der Waals surface area (Å²) in [5.41, 5.74) is 1.24. The molecule has 0 aliphatic carbocycles. The van der Waals surface area contributed by atoms with E-state index in [1.807, 2.05) is 18.2 Å². The summed E-state index contributed by atoms with van der Waals surface area (Å²) in [7, 11) is 0. The number of carbonyl (C=O) groups is 1. The number of pyridine rings is 2. The predicted molar refractivity (Wildman–Crippen MR) is 121 cm³/mol. The van der Waals surface area contributed by atoms with Crippen molar-refractivity contribution in [2.45, 2.75) is 26.8 Å². The van der Waals surface area contributed by atoms with Crippen LogP contribution in [0.5, 0.6) is 0 Å². The Bertz CT molecular complexity index is 1060. The van der Waals surface area contributed by atoms with Crippen LogP contribution in [0.3, 0.4) is 0 Å². The molecule has 6 nitrogen and oxygen atoms in total. The van der Waals surface area contributed by atoms with Crippen molar-refractivity contribution in [1.29, 1.82) is 0 Å². The number of carbonyl (C=O) groups excluding carboxylic acids is 1. The van der Waals surface area contributed by atoms with E-state index in [9.17, 15) is 9.59 Å². The van der Waals surface area contributed by atoms with E-state index < -0.39 is 0 Å². The maximum atomic E-state index is 13.2. The third-order valence-corrected chi connectivity index (χ3v) is 5.43. The van der Waals surface area contributed by atoms with E-state index in [4.69, 9.17) is 11.6 Å². The van der Waals surface area contributed by atoms with Gasteiger partial charge in [-0.2, -0.15) is 0 Å². The Kier molecular flexibility index (Phi) is 7.60. The molecule has 0 spiro atoms. The van der Waals surface area contributed by atoms with Crippen molar-refractivity contribution in [3.8, 4) is 0 Å². The van der Waals surface area contributed by atoms with E-state index in [-0.39, 0.29) is 17.0 Å². The summed E-state index contributed by atoms with van der Waals surface area (Å²) >= 11 is 5.97. The van der Waals surface area contributed by atoms with Crippen molar-refractivity contribution < 1.29 is 4.79 Å². The molecule has 0 radical (unpaired) electrons. The highest BCUT2D eigenvalue weighted by Crippen LogP contribution is 2.15. The molecule has 2 heterocycles. The van der Waals surface area contributed by atoms with Crippen LogP contribution in [0.25, 0.3) is 11.0 Å². The maximum absolute atomic E-state index is 13.2. The molecule has 3 aromatic rings. The molecule has 1 N–H and O–H groups in total. The lowest BCUT2D eigenvalue weighted by Gasteiger charge is -2.17. The van der Waals surface area contributed by atoms with Crippen LogP contribution in [0, 0.1) is 0 Å². The highest BCUT2D eigenvalue weighted by atomic mass is 35.5. The summed E-state index contributed by atoms with van der Waals surface area (Å²) in [6.45, 7) is 7.96. The largest absolute Gasteiger partial charge is 0.352 e.